The molecule has 0 amide bonds. The molecule has 0 bridgehead atoms. The maximum Gasteiger partial charge on any atom is 0.523 e. The number of alkyl halides is 13. The maximum absolute atomic E-state index is 15.0. The van der Waals surface area contributed by atoms with Gasteiger partial charge in [-0.1, -0.05) is 13.8 Å². The Bertz CT molecular complexity index is 686. The fourth-order valence-electron chi connectivity index (χ4n) is 2.77. The summed E-state index contributed by atoms with van der Waals surface area (Å²) >= 11 is 0. The molecule has 17 heteroatoms. The summed E-state index contributed by atoms with van der Waals surface area (Å²) in [5.74, 6) is 0. The van der Waals surface area contributed by atoms with Crippen LogP contribution in [-0.4, -0.2) is 53.4 Å². The van der Waals surface area contributed by atoms with Crippen molar-refractivity contribution in [2.45, 2.75) is 87.9 Å². The molecular formula is C15H16F14O3. The zero-order valence-corrected chi connectivity index (χ0v) is 16.4. The highest BCUT2D eigenvalue weighted by atomic mass is 19.4. The van der Waals surface area contributed by atoms with Crippen LogP contribution < -0.4 is 0 Å². The standard InChI is InChI=1S/C15H16F14O3/c1-5-8(3,10(17,7(16)30)12(19,20)21)31-14(25,26)11(18,13(22,23)24)9(4,6-2)32-15(27,28)29/h5-6H2,1-4H3. The maximum atomic E-state index is 15.0. The second-order valence-electron chi connectivity index (χ2n) is 6.92. The van der Waals surface area contributed by atoms with Gasteiger partial charge in [0.05, 0.1) is 0 Å². The van der Waals surface area contributed by atoms with E-state index in [2.05, 4.69) is 9.47 Å². The minimum Gasteiger partial charge on any atom is -0.307 e. The van der Waals surface area contributed by atoms with Crippen molar-refractivity contribution in [3.8, 4) is 0 Å². The molecule has 0 aliphatic heterocycles. The molecule has 0 aromatic carbocycles. The van der Waals surface area contributed by atoms with Crippen molar-refractivity contribution in [1.82, 2.24) is 0 Å². The Kier molecular flexibility index (Phi) is 8.07. The number of carbonyl (C=O) groups is 1. The zero-order chi connectivity index (χ0) is 26.4. The number of ether oxygens (including phenoxy) is 2. The van der Waals surface area contributed by atoms with Gasteiger partial charge in [-0.3, -0.25) is 9.53 Å². The van der Waals surface area contributed by atoms with E-state index in [-0.39, 0.29) is 0 Å². The average molecular weight is 510 g/mol. The molecule has 0 heterocycles. The van der Waals surface area contributed by atoms with E-state index in [1.54, 1.807) is 0 Å². The molecule has 0 N–H and O–H groups in total. The summed E-state index contributed by atoms with van der Waals surface area (Å²) in [6.07, 6.45) is -30.4. The van der Waals surface area contributed by atoms with E-state index in [1.165, 1.54) is 0 Å². The lowest BCUT2D eigenvalue weighted by Gasteiger charge is -2.49. The summed E-state index contributed by atoms with van der Waals surface area (Å²) in [5, 5.41) is 0. The highest BCUT2D eigenvalue weighted by Gasteiger charge is 2.84. The highest BCUT2D eigenvalue weighted by molar-refractivity contribution is 5.81. The number of halogens is 14. The van der Waals surface area contributed by atoms with E-state index in [1.807, 2.05) is 0 Å². The van der Waals surface area contributed by atoms with Crippen LogP contribution in [0.3, 0.4) is 0 Å². The van der Waals surface area contributed by atoms with Crippen LogP contribution in [0.2, 0.25) is 0 Å². The second kappa shape index (κ2) is 8.43. The monoisotopic (exact) mass is 510 g/mol. The molecule has 0 fully saturated rings. The van der Waals surface area contributed by atoms with E-state index in [9.17, 15) is 61.9 Å². The topological polar surface area (TPSA) is 35.5 Å². The van der Waals surface area contributed by atoms with Crippen LogP contribution in [-0.2, 0) is 14.3 Å². The minimum absolute atomic E-state index is 0.317. The van der Waals surface area contributed by atoms with E-state index in [0.29, 0.717) is 13.8 Å². The lowest BCUT2D eigenvalue weighted by molar-refractivity contribution is -0.476. The predicted molar refractivity (Wildman–Crippen MR) is 76.5 cm³/mol. The Balaban J connectivity index is 7.06. The van der Waals surface area contributed by atoms with Crippen molar-refractivity contribution in [2.24, 2.45) is 0 Å². The summed E-state index contributed by atoms with van der Waals surface area (Å²) in [6, 6.07) is -4.04. The summed E-state index contributed by atoms with van der Waals surface area (Å²) in [7, 11) is 0. The zero-order valence-electron chi connectivity index (χ0n) is 16.4. The number of hydrogen-bond donors (Lipinski definition) is 0. The third-order valence-electron chi connectivity index (χ3n) is 4.95. The third-order valence-corrected chi connectivity index (χ3v) is 4.95. The average Bonchev–Trinajstić information content (AvgIpc) is 2.55. The molecule has 192 valence electrons. The first-order chi connectivity index (χ1) is 13.7. The van der Waals surface area contributed by atoms with Crippen molar-refractivity contribution >= 4 is 6.04 Å². The van der Waals surface area contributed by atoms with Crippen LogP contribution in [0.25, 0.3) is 0 Å². The van der Waals surface area contributed by atoms with E-state index < -0.39 is 80.1 Å². The lowest BCUT2D eigenvalue weighted by atomic mass is 9.79. The van der Waals surface area contributed by atoms with Crippen molar-refractivity contribution in [3.05, 3.63) is 0 Å². The van der Waals surface area contributed by atoms with Crippen molar-refractivity contribution < 1.29 is 75.7 Å². The molecule has 0 radical (unpaired) electrons. The molecule has 0 aromatic rings. The van der Waals surface area contributed by atoms with Gasteiger partial charge in [-0.25, -0.2) is 8.78 Å². The molecule has 4 unspecified atom stereocenters. The molecular weight excluding hydrogens is 494 g/mol. The molecule has 0 aromatic heterocycles. The molecule has 0 rings (SSSR count). The molecule has 3 nitrogen and oxygen atoms in total. The quantitative estimate of drug-likeness (QED) is 0.262. The van der Waals surface area contributed by atoms with Gasteiger partial charge in [0.15, 0.2) is 0 Å². The van der Waals surface area contributed by atoms with E-state index >= 15 is 4.39 Å². The van der Waals surface area contributed by atoms with Crippen LogP contribution >= 0.6 is 0 Å². The molecule has 32 heavy (non-hydrogen) atoms. The van der Waals surface area contributed by atoms with E-state index in [4.69, 9.17) is 0 Å². The van der Waals surface area contributed by atoms with Gasteiger partial charge in [-0.2, -0.15) is 39.5 Å². The second-order valence-corrected chi connectivity index (χ2v) is 6.92. The number of rotatable bonds is 9. The van der Waals surface area contributed by atoms with Gasteiger partial charge < -0.3 is 4.74 Å². The summed E-state index contributed by atoms with van der Waals surface area (Å²) in [4.78, 5) is 10.7. The molecule has 0 aliphatic rings. The van der Waals surface area contributed by atoms with Gasteiger partial charge in [0.25, 0.3) is 0 Å². The Morgan fingerprint density at radius 2 is 1.03 bits per heavy atom. The SMILES string of the molecule is CCC(C)(OC(F)(F)C(F)(C(F)(F)F)C(C)(CC)OC(F)(F)F)C(F)(C(=O)F)C(F)(F)F. The van der Waals surface area contributed by atoms with Gasteiger partial charge in [0.2, 0.25) is 0 Å². The smallest absolute Gasteiger partial charge is 0.307 e. The molecule has 4 atom stereocenters. The number of carbonyl (C=O) groups excluding carboxylic acids is 1. The van der Waals surface area contributed by atoms with E-state index in [0.717, 1.165) is 0 Å². The van der Waals surface area contributed by atoms with Crippen molar-refractivity contribution in [1.29, 1.82) is 0 Å². The van der Waals surface area contributed by atoms with Crippen LogP contribution in [0.4, 0.5) is 61.5 Å². The van der Waals surface area contributed by atoms with Gasteiger partial charge in [0, 0.05) is 0 Å². The third kappa shape index (κ3) is 4.77. The van der Waals surface area contributed by atoms with Crippen LogP contribution in [0, 0.1) is 0 Å². The number of hydrogen-bond acceptors (Lipinski definition) is 3. The first-order valence-electron chi connectivity index (χ1n) is 8.29. The van der Waals surface area contributed by atoms with Gasteiger partial charge in [-0.15, -0.1) is 13.2 Å². The molecule has 0 spiro atoms. The molecule has 0 saturated heterocycles. The van der Waals surface area contributed by atoms with Crippen molar-refractivity contribution in [3.63, 3.8) is 0 Å². The van der Waals surface area contributed by atoms with Gasteiger partial charge in [-0.05, 0) is 26.7 Å². The fourth-order valence-corrected chi connectivity index (χ4v) is 2.77. The van der Waals surface area contributed by atoms with Crippen LogP contribution in [0.5, 0.6) is 0 Å². The fraction of sp³-hybridized carbons (Fsp3) is 0.933. The van der Waals surface area contributed by atoms with Gasteiger partial charge >= 0.3 is 42.2 Å². The van der Waals surface area contributed by atoms with Crippen molar-refractivity contribution in [2.75, 3.05) is 0 Å². The van der Waals surface area contributed by atoms with Crippen LogP contribution in [0.1, 0.15) is 40.5 Å². The Morgan fingerprint density at radius 1 is 0.656 bits per heavy atom. The Morgan fingerprint density at radius 3 is 1.25 bits per heavy atom. The summed E-state index contributed by atoms with van der Waals surface area (Å²) in [6.45, 7) is -0.239. The summed E-state index contributed by atoms with van der Waals surface area (Å²) < 4.78 is 194. The Hall–Kier alpha value is -1.39. The van der Waals surface area contributed by atoms with Crippen LogP contribution in [0.15, 0.2) is 0 Å². The molecule has 0 saturated carbocycles. The van der Waals surface area contributed by atoms with Gasteiger partial charge in [0.1, 0.15) is 11.2 Å². The minimum atomic E-state index is -7.04. The predicted octanol–water partition coefficient (Wildman–Crippen LogP) is 6.51. The summed E-state index contributed by atoms with van der Waals surface area (Å²) in [5.41, 5.74) is -21.8. The largest absolute Gasteiger partial charge is 0.523 e. The Labute approximate surface area is 171 Å². The highest BCUT2D eigenvalue weighted by Crippen LogP contribution is 2.58. The lowest BCUT2D eigenvalue weighted by Crippen LogP contribution is -2.73. The normalized spacial score (nSPS) is 21.8. The molecule has 0 aliphatic carbocycles. The first kappa shape index (κ1) is 30.6. The first-order valence-corrected chi connectivity index (χ1v) is 8.29.